The molecule has 0 spiro atoms. The minimum Gasteiger partial charge on any atom is -0.464 e. The van der Waals surface area contributed by atoms with Crippen LogP contribution in [0.25, 0.3) is 23.1 Å². The summed E-state index contributed by atoms with van der Waals surface area (Å²) in [5.74, 6) is 0. The molecule has 1 aromatic carbocycles. The monoisotopic (exact) mass is 221 g/mol. The summed E-state index contributed by atoms with van der Waals surface area (Å²) in [4.78, 5) is 4.24. The average Bonchev–Trinajstić information content (AvgIpc) is 2.85. The van der Waals surface area contributed by atoms with Gasteiger partial charge in [-0.3, -0.25) is 4.98 Å². The first-order valence-corrected chi connectivity index (χ1v) is 5.48. The molecule has 2 nitrogen and oxygen atoms in total. The summed E-state index contributed by atoms with van der Waals surface area (Å²) in [6.07, 6.45) is 7.51. The van der Waals surface area contributed by atoms with Crippen molar-refractivity contribution in [2.45, 2.75) is 0 Å². The number of aromatic nitrogens is 1. The van der Waals surface area contributed by atoms with Gasteiger partial charge in [0.25, 0.3) is 0 Å². The molecule has 82 valence electrons. The Balaban J connectivity index is 1.92. The Morgan fingerprint density at radius 2 is 2.00 bits per heavy atom. The largest absolute Gasteiger partial charge is 0.464 e. The summed E-state index contributed by atoms with van der Waals surface area (Å²) in [5, 5.41) is 1.12. The molecule has 0 fully saturated rings. The Hall–Kier alpha value is -2.35. The Kier molecular flexibility index (Phi) is 2.47. The van der Waals surface area contributed by atoms with Crippen molar-refractivity contribution in [3.05, 3.63) is 66.2 Å². The lowest BCUT2D eigenvalue weighted by Crippen LogP contribution is -1.76. The fraction of sp³-hybridized carbons (Fsp3) is 0. The smallest absolute Gasteiger partial charge is 0.134 e. The lowest BCUT2D eigenvalue weighted by molar-refractivity contribution is 0.616. The molecule has 17 heavy (non-hydrogen) atoms. The maximum atomic E-state index is 5.36. The molecular formula is C15H11NO. The third-order valence-electron chi connectivity index (χ3n) is 2.61. The van der Waals surface area contributed by atoms with Crippen molar-refractivity contribution in [2.24, 2.45) is 0 Å². The van der Waals surface area contributed by atoms with Gasteiger partial charge in [0.05, 0.1) is 12.0 Å². The van der Waals surface area contributed by atoms with Crippen LogP contribution in [0.1, 0.15) is 11.3 Å². The fourth-order valence-corrected chi connectivity index (χ4v) is 1.73. The highest BCUT2D eigenvalue weighted by Gasteiger charge is 1.96. The normalized spacial score (nSPS) is 11.3. The highest BCUT2D eigenvalue weighted by Crippen LogP contribution is 2.18. The first-order chi connectivity index (χ1) is 8.42. The molecule has 0 aliphatic rings. The van der Waals surface area contributed by atoms with E-state index in [1.165, 1.54) is 0 Å². The van der Waals surface area contributed by atoms with Crippen LogP contribution in [0.5, 0.6) is 0 Å². The van der Waals surface area contributed by atoms with E-state index in [4.69, 9.17) is 4.42 Å². The molecule has 2 heteroatoms. The molecule has 3 rings (SSSR count). The summed E-state index contributed by atoms with van der Waals surface area (Å²) < 4.78 is 5.36. The zero-order valence-electron chi connectivity index (χ0n) is 9.21. The molecule has 0 aliphatic heterocycles. The molecule has 0 bridgehead atoms. The van der Waals surface area contributed by atoms with Crippen molar-refractivity contribution < 1.29 is 4.42 Å². The van der Waals surface area contributed by atoms with Gasteiger partial charge in [-0.25, -0.2) is 0 Å². The van der Waals surface area contributed by atoms with E-state index in [0.29, 0.717) is 0 Å². The standard InChI is InChI=1S/C15H11NO/c1-2-9-16-14(3-1)7-5-12-4-6-13-8-10-17-15(13)11-12/h1-11H/b7-5+. The third kappa shape index (κ3) is 2.11. The van der Waals surface area contributed by atoms with Crippen molar-refractivity contribution in [3.8, 4) is 0 Å². The summed E-state index contributed by atoms with van der Waals surface area (Å²) in [6.45, 7) is 0. The summed E-state index contributed by atoms with van der Waals surface area (Å²) in [7, 11) is 0. The van der Waals surface area contributed by atoms with Crippen LogP contribution in [0.4, 0.5) is 0 Å². The van der Waals surface area contributed by atoms with Crippen LogP contribution in [0.3, 0.4) is 0 Å². The second-order valence-corrected chi connectivity index (χ2v) is 3.81. The average molecular weight is 221 g/mol. The molecule has 0 aliphatic carbocycles. The van der Waals surface area contributed by atoms with Crippen molar-refractivity contribution in [1.29, 1.82) is 0 Å². The lowest BCUT2D eigenvalue weighted by Gasteiger charge is -1.94. The van der Waals surface area contributed by atoms with E-state index in [0.717, 1.165) is 22.2 Å². The van der Waals surface area contributed by atoms with E-state index < -0.39 is 0 Å². The Bertz CT molecular complexity index is 653. The van der Waals surface area contributed by atoms with Gasteiger partial charge >= 0.3 is 0 Å². The molecule has 0 saturated heterocycles. The minimum atomic E-state index is 0.910. The van der Waals surface area contributed by atoms with Gasteiger partial charge in [0, 0.05) is 11.6 Å². The number of pyridine rings is 1. The van der Waals surface area contributed by atoms with Crippen molar-refractivity contribution in [3.63, 3.8) is 0 Å². The van der Waals surface area contributed by atoms with Crippen molar-refractivity contribution in [1.82, 2.24) is 4.98 Å². The molecule has 0 atom stereocenters. The van der Waals surface area contributed by atoms with Crippen LogP contribution < -0.4 is 0 Å². The fourth-order valence-electron chi connectivity index (χ4n) is 1.73. The van der Waals surface area contributed by atoms with Gasteiger partial charge in [-0.1, -0.05) is 24.3 Å². The van der Waals surface area contributed by atoms with Gasteiger partial charge in [0.15, 0.2) is 0 Å². The van der Waals surface area contributed by atoms with Crippen LogP contribution in [-0.4, -0.2) is 4.98 Å². The lowest BCUT2D eigenvalue weighted by atomic mass is 10.1. The van der Waals surface area contributed by atoms with Gasteiger partial charge in [-0.05, 0) is 35.9 Å². The highest BCUT2D eigenvalue weighted by atomic mass is 16.3. The molecule has 0 saturated carbocycles. The maximum Gasteiger partial charge on any atom is 0.134 e. The molecule has 2 heterocycles. The Morgan fingerprint density at radius 1 is 1.00 bits per heavy atom. The summed E-state index contributed by atoms with van der Waals surface area (Å²) in [6, 6.07) is 14.0. The number of hydrogen-bond donors (Lipinski definition) is 0. The molecule has 0 N–H and O–H groups in total. The van der Waals surface area contributed by atoms with E-state index in [1.54, 1.807) is 12.5 Å². The minimum absolute atomic E-state index is 0.910. The first kappa shape index (κ1) is 9.85. The van der Waals surface area contributed by atoms with Crippen molar-refractivity contribution >= 4 is 23.1 Å². The van der Waals surface area contributed by atoms with E-state index in [2.05, 4.69) is 17.1 Å². The Morgan fingerprint density at radius 3 is 2.88 bits per heavy atom. The van der Waals surface area contributed by atoms with Gasteiger partial charge in [-0.2, -0.15) is 0 Å². The van der Waals surface area contributed by atoms with Crippen LogP contribution >= 0.6 is 0 Å². The number of rotatable bonds is 2. The highest BCUT2D eigenvalue weighted by molar-refractivity contribution is 5.81. The van der Waals surface area contributed by atoms with E-state index in [9.17, 15) is 0 Å². The van der Waals surface area contributed by atoms with Crippen molar-refractivity contribution in [2.75, 3.05) is 0 Å². The number of nitrogens with zero attached hydrogens (tertiary/aromatic N) is 1. The molecule has 3 aromatic rings. The van der Waals surface area contributed by atoms with Crippen LogP contribution in [0.2, 0.25) is 0 Å². The number of furan rings is 1. The third-order valence-corrected chi connectivity index (χ3v) is 2.61. The number of hydrogen-bond acceptors (Lipinski definition) is 2. The van der Waals surface area contributed by atoms with Gasteiger partial charge in [0.1, 0.15) is 5.58 Å². The predicted octanol–water partition coefficient (Wildman–Crippen LogP) is 4.00. The summed E-state index contributed by atoms with van der Waals surface area (Å²) in [5.41, 5.74) is 2.97. The topological polar surface area (TPSA) is 26.0 Å². The molecule has 0 radical (unpaired) electrons. The quantitative estimate of drug-likeness (QED) is 0.653. The summed E-state index contributed by atoms with van der Waals surface area (Å²) >= 11 is 0. The van der Waals surface area contributed by atoms with Crippen LogP contribution in [0, 0.1) is 0 Å². The molecule has 0 unspecified atom stereocenters. The number of benzene rings is 1. The van der Waals surface area contributed by atoms with Gasteiger partial charge in [-0.15, -0.1) is 0 Å². The van der Waals surface area contributed by atoms with E-state index in [-0.39, 0.29) is 0 Å². The van der Waals surface area contributed by atoms with Crippen LogP contribution in [-0.2, 0) is 0 Å². The molecular weight excluding hydrogens is 210 g/mol. The van der Waals surface area contributed by atoms with Crippen LogP contribution in [0.15, 0.2) is 59.3 Å². The molecule has 0 amide bonds. The van der Waals surface area contributed by atoms with Gasteiger partial charge in [0.2, 0.25) is 0 Å². The van der Waals surface area contributed by atoms with Gasteiger partial charge < -0.3 is 4.42 Å². The van der Waals surface area contributed by atoms with E-state index in [1.807, 2.05) is 42.5 Å². The maximum absolute atomic E-state index is 5.36. The predicted molar refractivity (Wildman–Crippen MR) is 69.4 cm³/mol. The second-order valence-electron chi connectivity index (χ2n) is 3.81. The zero-order valence-corrected chi connectivity index (χ0v) is 9.21. The zero-order chi connectivity index (χ0) is 11.5. The number of fused-ring (bicyclic) bond motifs is 1. The SMILES string of the molecule is C(=C\c1ccccn1)/c1ccc2ccoc2c1. The van der Waals surface area contributed by atoms with E-state index >= 15 is 0 Å². The Labute approximate surface area is 99.2 Å². The first-order valence-electron chi connectivity index (χ1n) is 5.48. The second kappa shape index (κ2) is 4.26. The molecule has 2 aromatic heterocycles.